The first-order valence-corrected chi connectivity index (χ1v) is 9.20. The molecule has 0 saturated heterocycles. The minimum atomic E-state index is -0.901. The van der Waals surface area contributed by atoms with Crippen LogP contribution in [-0.2, 0) is 0 Å². The van der Waals surface area contributed by atoms with Gasteiger partial charge in [0.25, 0.3) is 5.91 Å². The Morgan fingerprint density at radius 3 is 2.46 bits per heavy atom. The predicted octanol–water partition coefficient (Wildman–Crippen LogP) is 5.91. The highest BCUT2D eigenvalue weighted by atomic mass is 32.1. The highest BCUT2D eigenvalue weighted by molar-refractivity contribution is 7.15. The lowest BCUT2D eigenvalue weighted by molar-refractivity contribution is 0.101. The molecule has 2 aromatic carbocycles. The summed E-state index contributed by atoms with van der Waals surface area (Å²) in [6.45, 7) is 2.00. The first-order valence-electron chi connectivity index (χ1n) is 8.39. The van der Waals surface area contributed by atoms with Crippen LogP contribution in [0.5, 0.6) is 0 Å². The van der Waals surface area contributed by atoms with E-state index >= 15 is 0 Å². The molecule has 4 nitrogen and oxygen atoms in total. The van der Waals surface area contributed by atoms with E-state index in [1.54, 1.807) is 29.7 Å². The molecule has 1 N–H and O–H groups in total. The number of rotatable bonds is 4. The van der Waals surface area contributed by atoms with E-state index in [0.29, 0.717) is 11.6 Å². The molecular weight excluding hydrogens is 382 g/mol. The van der Waals surface area contributed by atoms with Crippen LogP contribution in [0.4, 0.5) is 14.5 Å². The fourth-order valence-electron chi connectivity index (χ4n) is 2.86. The van der Waals surface area contributed by atoms with E-state index < -0.39 is 23.1 Å². The number of oxazole rings is 1. The molecule has 4 rings (SSSR count). The number of carbonyl (C=O) groups is 1. The Kier molecular flexibility index (Phi) is 4.75. The summed E-state index contributed by atoms with van der Waals surface area (Å²) in [4.78, 5) is 18.4. The first-order chi connectivity index (χ1) is 13.5. The van der Waals surface area contributed by atoms with Crippen molar-refractivity contribution in [3.8, 4) is 21.9 Å². The molecule has 2 aromatic heterocycles. The van der Waals surface area contributed by atoms with Crippen molar-refractivity contribution in [2.75, 3.05) is 5.32 Å². The molecule has 0 fully saturated rings. The third-order valence-electron chi connectivity index (χ3n) is 4.20. The summed E-state index contributed by atoms with van der Waals surface area (Å²) >= 11 is 1.57. The van der Waals surface area contributed by atoms with Crippen LogP contribution in [0.15, 0.2) is 65.4 Å². The molecule has 0 atom stereocenters. The molecule has 0 spiro atoms. The quantitative estimate of drug-likeness (QED) is 0.467. The molecule has 0 aliphatic rings. The topological polar surface area (TPSA) is 55.1 Å². The summed E-state index contributed by atoms with van der Waals surface area (Å²) in [5, 5.41) is 2.52. The highest BCUT2D eigenvalue weighted by Crippen LogP contribution is 2.36. The predicted molar refractivity (Wildman–Crippen MR) is 104 cm³/mol. The Balaban J connectivity index is 1.56. The van der Waals surface area contributed by atoms with Crippen LogP contribution in [0.2, 0.25) is 0 Å². The summed E-state index contributed by atoms with van der Waals surface area (Å²) in [6, 6.07) is 12.4. The van der Waals surface area contributed by atoms with Gasteiger partial charge in [-0.05, 0) is 48.4 Å². The molecule has 28 heavy (non-hydrogen) atoms. The van der Waals surface area contributed by atoms with E-state index in [4.69, 9.17) is 4.42 Å². The molecule has 7 heteroatoms. The molecule has 0 aliphatic carbocycles. The van der Waals surface area contributed by atoms with E-state index in [2.05, 4.69) is 10.3 Å². The molecule has 4 aromatic rings. The van der Waals surface area contributed by atoms with Gasteiger partial charge in [0.1, 0.15) is 23.5 Å². The van der Waals surface area contributed by atoms with Gasteiger partial charge in [-0.25, -0.2) is 13.8 Å². The van der Waals surface area contributed by atoms with Crippen molar-refractivity contribution in [1.82, 2.24) is 4.98 Å². The van der Waals surface area contributed by atoms with Gasteiger partial charge in [0.15, 0.2) is 0 Å². The van der Waals surface area contributed by atoms with Crippen molar-refractivity contribution in [3.63, 3.8) is 0 Å². The number of hydrogen-bond donors (Lipinski definition) is 1. The number of anilines is 1. The average Bonchev–Trinajstić information content (AvgIpc) is 3.32. The van der Waals surface area contributed by atoms with Crippen LogP contribution in [0.3, 0.4) is 0 Å². The number of thiophene rings is 1. The van der Waals surface area contributed by atoms with Crippen LogP contribution in [0, 0.1) is 18.6 Å². The van der Waals surface area contributed by atoms with Gasteiger partial charge in [-0.2, -0.15) is 0 Å². The average molecular weight is 396 g/mol. The molecular formula is C21H14F2N2O2S. The SMILES string of the molecule is Cc1sc(-c2ncco2)cc1-c1ccc(NC(=O)c2c(F)cccc2F)cc1. The Bertz CT molecular complexity index is 1120. The molecule has 0 bridgehead atoms. The maximum Gasteiger partial charge on any atom is 0.261 e. The van der Waals surface area contributed by atoms with Gasteiger partial charge in [0.05, 0.1) is 11.1 Å². The monoisotopic (exact) mass is 396 g/mol. The summed E-state index contributed by atoms with van der Waals surface area (Å²) in [6.07, 6.45) is 3.12. The zero-order valence-electron chi connectivity index (χ0n) is 14.7. The number of aryl methyl sites for hydroxylation is 1. The molecule has 2 heterocycles. The minimum Gasteiger partial charge on any atom is -0.444 e. The second-order valence-electron chi connectivity index (χ2n) is 6.05. The van der Waals surface area contributed by atoms with Gasteiger partial charge >= 0.3 is 0 Å². The van der Waals surface area contributed by atoms with Gasteiger partial charge in [-0.1, -0.05) is 18.2 Å². The number of nitrogens with one attached hydrogen (secondary N) is 1. The Morgan fingerprint density at radius 2 is 1.82 bits per heavy atom. The molecule has 0 aliphatic heterocycles. The van der Waals surface area contributed by atoms with Crippen LogP contribution in [0.1, 0.15) is 15.2 Å². The van der Waals surface area contributed by atoms with E-state index in [0.717, 1.165) is 33.0 Å². The third kappa shape index (κ3) is 3.44. The van der Waals surface area contributed by atoms with E-state index in [1.807, 2.05) is 25.1 Å². The summed E-state index contributed by atoms with van der Waals surface area (Å²) in [5.74, 6) is -2.07. The normalized spacial score (nSPS) is 10.8. The van der Waals surface area contributed by atoms with Gasteiger partial charge in [0, 0.05) is 10.6 Å². The van der Waals surface area contributed by atoms with E-state index in [-0.39, 0.29) is 0 Å². The Labute approximate surface area is 163 Å². The number of hydrogen-bond acceptors (Lipinski definition) is 4. The summed E-state index contributed by atoms with van der Waals surface area (Å²) in [5.41, 5.74) is 1.81. The van der Waals surface area contributed by atoms with Gasteiger partial charge in [-0.3, -0.25) is 4.79 Å². The van der Waals surface area contributed by atoms with Crippen molar-refractivity contribution in [1.29, 1.82) is 0 Å². The minimum absolute atomic E-state index is 0.442. The van der Waals surface area contributed by atoms with Crippen molar-refractivity contribution in [3.05, 3.63) is 83.1 Å². The molecule has 0 saturated carbocycles. The second-order valence-corrected chi connectivity index (χ2v) is 7.30. The third-order valence-corrected chi connectivity index (χ3v) is 5.24. The zero-order chi connectivity index (χ0) is 19.7. The fourth-order valence-corrected chi connectivity index (χ4v) is 3.84. The highest BCUT2D eigenvalue weighted by Gasteiger charge is 2.17. The zero-order valence-corrected chi connectivity index (χ0v) is 15.5. The molecule has 140 valence electrons. The summed E-state index contributed by atoms with van der Waals surface area (Å²) < 4.78 is 32.8. The first kappa shape index (κ1) is 18.1. The van der Waals surface area contributed by atoms with Gasteiger partial charge in [0.2, 0.25) is 5.89 Å². The largest absolute Gasteiger partial charge is 0.444 e. The Hall–Kier alpha value is -3.32. The Morgan fingerprint density at radius 1 is 1.11 bits per heavy atom. The molecule has 1 amide bonds. The molecule has 0 radical (unpaired) electrons. The number of nitrogens with zero attached hydrogens (tertiary/aromatic N) is 1. The van der Waals surface area contributed by atoms with E-state index in [9.17, 15) is 13.6 Å². The second kappa shape index (κ2) is 7.36. The fraction of sp³-hybridized carbons (Fsp3) is 0.0476. The number of aromatic nitrogens is 1. The van der Waals surface area contributed by atoms with Crippen LogP contribution in [0.25, 0.3) is 21.9 Å². The molecule has 0 unspecified atom stereocenters. The lowest BCUT2D eigenvalue weighted by atomic mass is 10.1. The number of halogens is 2. The van der Waals surface area contributed by atoms with E-state index in [1.165, 1.54) is 12.3 Å². The maximum atomic E-state index is 13.7. The number of amides is 1. The van der Waals surface area contributed by atoms with Gasteiger partial charge in [-0.15, -0.1) is 11.3 Å². The van der Waals surface area contributed by atoms with Crippen molar-refractivity contribution in [2.45, 2.75) is 6.92 Å². The van der Waals surface area contributed by atoms with Crippen molar-refractivity contribution in [2.24, 2.45) is 0 Å². The smallest absolute Gasteiger partial charge is 0.261 e. The lowest BCUT2D eigenvalue weighted by Crippen LogP contribution is -2.15. The number of carbonyl (C=O) groups excluding carboxylic acids is 1. The standard InChI is InChI=1S/C21H14F2N2O2S/c1-12-15(11-18(28-12)21-24-9-10-27-21)13-5-7-14(8-6-13)25-20(26)19-16(22)3-2-4-17(19)23/h2-11H,1H3,(H,25,26). The van der Waals surface area contributed by atoms with Gasteiger partial charge < -0.3 is 9.73 Å². The number of benzene rings is 2. The summed E-state index contributed by atoms with van der Waals surface area (Å²) in [7, 11) is 0. The van der Waals surface area contributed by atoms with Crippen molar-refractivity contribution >= 4 is 22.9 Å². The van der Waals surface area contributed by atoms with Crippen LogP contribution in [-0.4, -0.2) is 10.9 Å². The lowest BCUT2D eigenvalue weighted by Gasteiger charge is -2.08. The van der Waals surface area contributed by atoms with Crippen molar-refractivity contribution < 1.29 is 18.0 Å². The maximum absolute atomic E-state index is 13.7. The van der Waals surface area contributed by atoms with Crippen LogP contribution >= 0.6 is 11.3 Å². The van der Waals surface area contributed by atoms with Crippen LogP contribution < -0.4 is 5.32 Å².